The van der Waals surface area contributed by atoms with Gasteiger partial charge in [-0.25, -0.2) is 26.9 Å². The Morgan fingerprint density at radius 2 is 2.00 bits per heavy atom. The summed E-state index contributed by atoms with van der Waals surface area (Å²) < 4.78 is 63.4. The molecule has 10 nitrogen and oxygen atoms in total. The molecule has 5 aromatic rings. The standard InChI is InChI=1S/C21H14ClF2N7O3S/c1-34-21-14-7-11(9-25-20(14)27-28-21)17-10-31(30-26-17)19-15(23)5-6-16(18(19)24)29-35(32,33)13-4-2-3-12(22)8-13/h2-10,29H,1H3,(H,25,27,28). The van der Waals surface area contributed by atoms with Gasteiger partial charge in [-0.15, -0.1) is 10.2 Å². The number of hydrogen-bond donors (Lipinski definition) is 2. The first kappa shape index (κ1) is 22.7. The van der Waals surface area contributed by atoms with Crippen LogP contribution in [0.2, 0.25) is 5.02 Å². The molecule has 0 unspecified atom stereocenters. The molecule has 3 aromatic heterocycles. The van der Waals surface area contributed by atoms with Crippen LogP contribution in [0.4, 0.5) is 14.5 Å². The van der Waals surface area contributed by atoms with Crippen LogP contribution in [0.1, 0.15) is 0 Å². The van der Waals surface area contributed by atoms with Crippen LogP contribution in [0, 0.1) is 11.6 Å². The van der Waals surface area contributed by atoms with Crippen LogP contribution in [-0.4, -0.2) is 45.7 Å². The number of H-pyrrole nitrogens is 1. The number of nitrogens with zero attached hydrogens (tertiary/aromatic N) is 5. The summed E-state index contributed by atoms with van der Waals surface area (Å²) in [5.41, 5.74) is 0.123. The number of fused-ring (bicyclic) bond motifs is 1. The fourth-order valence-corrected chi connectivity index (χ4v) is 4.71. The van der Waals surface area contributed by atoms with Crippen LogP contribution in [-0.2, 0) is 10.0 Å². The van der Waals surface area contributed by atoms with Crippen molar-refractivity contribution in [3.63, 3.8) is 0 Å². The highest BCUT2D eigenvalue weighted by atomic mass is 35.5. The van der Waals surface area contributed by atoms with Gasteiger partial charge in [0.25, 0.3) is 10.0 Å². The van der Waals surface area contributed by atoms with Gasteiger partial charge in [0.2, 0.25) is 5.88 Å². The summed E-state index contributed by atoms with van der Waals surface area (Å²) >= 11 is 5.86. The third-order valence-electron chi connectivity index (χ3n) is 5.01. The van der Waals surface area contributed by atoms with E-state index in [1.807, 2.05) is 0 Å². The van der Waals surface area contributed by atoms with Crippen molar-refractivity contribution in [3.05, 3.63) is 71.5 Å². The summed E-state index contributed by atoms with van der Waals surface area (Å²) in [4.78, 5) is 4.04. The Labute approximate surface area is 201 Å². The van der Waals surface area contributed by atoms with Crippen molar-refractivity contribution >= 4 is 38.3 Å². The van der Waals surface area contributed by atoms with Gasteiger partial charge in [-0.2, -0.15) is 0 Å². The summed E-state index contributed by atoms with van der Waals surface area (Å²) in [7, 11) is -2.74. The van der Waals surface area contributed by atoms with E-state index in [0.717, 1.165) is 16.8 Å². The number of hydrogen-bond acceptors (Lipinski definition) is 7. The number of rotatable bonds is 6. The summed E-state index contributed by atoms with van der Waals surface area (Å²) in [6.07, 6.45) is 2.77. The third kappa shape index (κ3) is 4.15. The maximum atomic E-state index is 15.3. The van der Waals surface area contributed by atoms with Crippen LogP contribution >= 0.6 is 11.6 Å². The molecule has 0 aliphatic carbocycles. The smallest absolute Gasteiger partial charge is 0.262 e. The summed E-state index contributed by atoms with van der Waals surface area (Å²) in [5, 5.41) is 15.2. The fourth-order valence-electron chi connectivity index (χ4n) is 3.35. The molecular weight excluding hydrogens is 504 g/mol. The van der Waals surface area contributed by atoms with E-state index < -0.39 is 33.0 Å². The molecule has 0 saturated heterocycles. The van der Waals surface area contributed by atoms with Crippen LogP contribution < -0.4 is 9.46 Å². The zero-order valence-electron chi connectivity index (χ0n) is 17.7. The molecule has 0 aliphatic heterocycles. The lowest BCUT2D eigenvalue weighted by Gasteiger charge is -2.12. The van der Waals surface area contributed by atoms with Crippen molar-refractivity contribution in [2.45, 2.75) is 4.90 Å². The number of pyridine rings is 1. The van der Waals surface area contributed by atoms with Gasteiger partial charge in [-0.05, 0) is 36.4 Å². The molecule has 178 valence electrons. The number of aromatic nitrogens is 6. The number of anilines is 1. The van der Waals surface area contributed by atoms with E-state index in [9.17, 15) is 12.8 Å². The molecule has 2 N–H and O–H groups in total. The van der Waals surface area contributed by atoms with E-state index in [1.54, 1.807) is 6.07 Å². The second-order valence-corrected chi connectivity index (χ2v) is 9.34. The number of halogens is 3. The molecule has 5 rings (SSSR count). The first-order chi connectivity index (χ1) is 16.8. The maximum Gasteiger partial charge on any atom is 0.262 e. The largest absolute Gasteiger partial charge is 0.479 e. The quantitative estimate of drug-likeness (QED) is 0.349. The van der Waals surface area contributed by atoms with Gasteiger partial charge in [-0.3, -0.25) is 9.82 Å². The molecule has 14 heteroatoms. The molecule has 0 bridgehead atoms. The topological polar surface area (TPSA) is 128 Å². The zero-order valence-corrected chi connectivity index (χ0v) is 19.3. The number of benzene rings is 2. The summed E-state index contributed by atoms with van der Waals surface area (Å²) in [6.45, 7) is 0. The van der Waals surface area contributed by atoms with E-state index in [-0.39, 0.29) is 15.6 Å². The predicted octanol–water partition coefficient (Wildman–Crippen LogP) is 3.95. The highest BCUT2D eigenvalue weighted by Gasteiger charge is 2.22. The molecule has 0 atom stereocenters. The van der Waals surface area contributed by atoms with Crippen molar-refractivity contribution in [2.75, 3.05) is 11.8 Å². The normalized spacial score (nSPS) is 11.7. The van der Waals surface area contributed by atoms with E-state index in [1.165, 1.54) is 43.8 Å². The number of ether oxygens (including phenoxy) is 1. The highest BCUT2D eigenvalue weighted by molar-refractivity contribution is 7.92. The Kier molecular flexibility index (Phi) is 5.57. The van der Waals surface area contributed by atoms with Gasteiger partial charge in [0.15, 0.2) is 17.3 Å². The third-order valence-corrected chi connectivity index (χ3v) is 6.61. The Morgan fingerprint density at radius 1 is 1.17 bits per heavy atom. The minimum atomic E-state index is -4.20. The van der Waals surface area contributed by atoms with E-state index in [4.69, 9.17) is 16.3 Å². The van der Waals surface area contributed by atoms with Crippen LogP contribution in [0.15, 0.2) is 59.8 Å². The van der Waals surface area contributed by atoms with E-state index >= 15 is 4.39 Å². The summed E-state index contributed by atoms with van der Waals surface area (Å²) in [5.74, 6) is -1.84. The average molecular weight is 518 g/mol. The maximum absolute atomic E-state index is 15.3. The Morgan fingerprint density at radius 3 is 2.77 bits per heavy atom. The molecular formula is C21H14ClF2N7O3S. The van der Waals surface area contributed by atoms with Crippen molar-refractivity contribution in [3.8, 4) is 22.8 Å². The first-order valence-electron chi connectivity index (χ1n) is 9.84. The molecule has 0 aliphatic rings. The van der Waals surface area contributed by atoms with Crippen molar-refractivity contribution in [1.29, 1.82) is 0 Å². The predicted molar refractivity (Wildman–Crippen MR) is 123 cm³/mol. The van der Waals surface area contributed by atoms with Gasteiger partial charge in [0.1, 0.15) is 11.4 Å². The van der Waals surface area contributed by atoms with E-state index in [0.29, 0.717) is 22.5 Å². The van der Waals surface area contributed by atoms with Crippen LogP contribution in [0.3, 0.4) is 0 Å². The fraction of sp³-hybridized carbons (Fsp3) is 0.0476. The molecule has 0 amide bonds. The van der Waals surface area contributed by atoms with Gasteiger partial charge < -0.3 is 4.74 Å². The van der Waals surface area contributed by atoms with Crippen molar-refractivity contribution in [1.82, 2.24) is 30.2 Å². The SMILES string of the molecule is COc1n[nH]c2ncc(-c3cn(-c4c(F)ccc(NS(=O)(=O)c5cccc(Cl)c5)c4F)nn3)cc12. The lowest BCUT2D eigenvalue weighted by atomic mass is 10.2. The highest BCUT2D eigenvalue weighted by Crippen LogP contribution is 2.29. The van der Waals surface area contributed by atoms with E-state index in [2.05, 4.69) is 30.2 Å². The first-order valence-corrected chi connectivity index (χ1v) is 11.7. The lowest BCUT2D eigenvalue weighted by molar-refractivity contribution is 0.401. The molecule has 2 aromatic carbocycles. The molecule has 0 spiro atoms. The summed E-state index contributed by atoms with van der Waals surface area (Å²) in [6, 6.07) is 8.99. The van der Waals surface area contributed by atoms with Crippen molar-refractivity contribution < 1.29 is 21.9 Å². The Hall–Kier alpha value is -4.10. The second-order valence-electron chi connectivity index (χ2n) is 7.22. The molecule has 3 heterocycles. The van der Waals surface area contributed by atoms with Crippen LogP contribution in [0.25, 0.3) is 28.0 Å². The van der Waals surface area contributed by atoms with Gasteiger partial charge in [-0.1, -0.05) is 22.9 Å². The number of sulfonamides is 1. The van der Waals surface area contributed by atoms with Gasteiger partial charge in [0.05, 0.1) is 29.3 Å². The lowest BCUT2D eigenvalue weighted by Crippen LogP contribution is -2.15. The minimum absolute atomic E-state index is 0.184. The minimum Gasteiger partial charge on any atom is -0.479 e. The molecule has 0 radical (unpaired) electrons. The van der Waals surface area contributed by atoms with Gasteiger partial charge in [0, 0.05) is 16.8 Å². The monoisotopic (exact) mass is 517 g/mol. The molecule has 0 saturated carbocycles. The van der Waals surface area contributed by atoms with Crippen LogP contribution in [0.5, 0.6) is 5.88 Å². The molecule has 35 heavy (non-hydrogen) atoms. The Bertz CT molecular complexity index is 1690. The second kappa shape index (κ2) is 8.60. The zero-order chi connectivity index (χ0) is 24.7. The number of aromatic amines is 1. The number of methoxy groups -OCH3 is 1. The Balaban J connectivity index is 1.51. The van der Waals surface area contributed by atoms with Crippen molar-refractivity contribution in [2.24, 2.45) is 0 Å². The average Bonchev–Trinajstić information content (AvgIpc) is 3.48. The number of nitrogens with one attached hydrogen (secondary N) is 2. The molecule has 0 fully saturated rings. The van der Waals surface area contributed by atoms with Gasteiger partial charge >= 0.3 is 0 Å².